The number of aliphatic hydroxyl groups excluding tert-OH is 1. The smallest absolute Gasteiger partial charge is 0.244 e. The molecule has 6 heteroatoms. The van der Waals surface area contributed by atoms with E-state index in [4.69, 9.17) is 5.11 Å². The fourth-order valence-electron chi connectivity index (χ4n) is 1.27. The predicted molar refractivity (Wildman–Crippen MR) is 54.0 cm³/mol. The second-order valence-electron chi connectivity index (χ2n) is 3.14. The molecule has 0 aromatic carbocycles. The highest BCUT2D eigenvalue weighted by Crippen LogP contribution is 1.94. The van der Waals surface area contributed by atoms with E-state index < -0.39 is 0 Å². The van der Waals surface area contributed by atoms with Gasteiger partial charge in [0.2, 0.25) is 5.91 Å². The van der Waals surface area contributed by atoms with E-state index in [2.05, 4.69) is 10.1 Å². The van der Waals surface area contributed by atoms with Gasteiger partial charge in [-0.2, -0.15) is 5.10 Å². The third kappa shape index (κ3) is 3.67. The molecular formula is C9H16N4O2. The largest absolute Gasteiger partial charge is 0.396 e. The Balaban J connectivity index is 2.43. The Bertz CT molecular complexity index is 286. The molecule has 0 saturated carbocycles. The molecule has 0 atom stereocenters. The monoisotopic (exact) mass is 212 g/mol. The zero-order chi connectivity index (χ0) is 11.1. The van der Waals surface area contributed by atoms with Crippen molar-refractivity contribution < 1.29 is 9.90 Å². The zero-order valence-corrected chi connectivity index (χ0v) is 8.83. The Labute approximate surface area is 88.5 Å². The van der Waals surface area contributed by atoms with Gasteiger partial charge in [0, 0.05) is 19.7 Å². The Morgan fingerprint density at radius 3 is 2.93 bits per heavy atom. The summed E-state index contributed by atoms with van der Waals surface area (Å²) in [5.41, 5.74) is 0. The molecule has 1 amide bonds. The van der Waals surface area contributed by atoms with Crippen LogP contribution in [0.15, 0.2) is 12.7 Å². The zero-order valence-electron chi connectivity index (χ0n) is 8.83. The molecule has 1 heterocycles. The summed E-state index contributed by atoms with van der Waals surface area (Å²) in [6, 6.07) is 0. The van der Waals surface area contributed by atoms with Crippen LogP contribution in [0.5, 0.6) is 0 Å². The molecule has 0 aliphatic heterocycles. The van der Waals surface area contributed by atoms with E-state index in [9.17, 15) is 4.79 Å². The number of carbonyl (C=O) groups excluding carboxylic acids is 1. The van der Waals surface area contributed by atoms with Gasteiger partial charge in [-0.25, -0.2) is 9.67 Å². The fourth-order valence-corrected chi connectivity index (χ4v) is 1.27. The van der Waals surface area contributed by atoms with Crippen LogP contribution in [0, 0.1) is 0 Å². The SMILES string of the molecule is CCN(CCCO)C(=O)Cn1cncn1. The average Bonchev–Trinajstić information content (AvgIpc) is 2.71. The molecule has 1 aromatic rings. The highest BCUT2D eigenvalue weighted by molar-refractivity contribution is 5.75. The van der Waals surface area contributed by atoms with Gasteiger partial charge in [-0.15, -0.1) is 0 Å². The molecule has 84 valence electrons. The van der Waals surface area contributed by atoms with Gasteiger partial charge in [0.05, 0.1) is 0 Å². The van der Waals surface area contributed by atoms with E-state index in [0.717, 1.165) is 0 Å². The number of rotatable bonds is 6. The van der Waals surface area contributed by atoms with Crippen LogP contribution in [0.1, 0.15) is 13.3 Å². The van der Waals surface area contributed by atoms with Crippen molar-refractivity contribution in [2.24, 2.45) is 0 Å². The van der Waals surface area contributed by atoms with Crippen LogP contribution in [0.25, 0.3) is 0 Å². The molecule has 1 aromatic heterocycles. The quantitative estimate of drug-likeness (QED) is 0.690. The molecule has 0 aliphatic rings. The minimum atomic E-state index is -0.00329. The van der Waals surface area contributed by atoms with E-state index in [-0.39, 0.29) is 19.1 Å². The Hall–Kier alpha value is -1.43. The van der Waals surface area contributed by atoms with E-state index in [1.807, 2.05) is 6.92 Å². The lowest BCUT2D eigenvalue weighted by Gasteiger charge is -2.20. The molecule has 0 spiro atoms. The summed E-state index contributed by atoms with van der Waals surface area (Å²) in [6.07, 6.45) is 3.52. The molecule has 0 unspecified atom stereocenters. The highest BCUT2D eigenvalue weighted by Gasteiger charge is 2.11. The van der Waals surface area contributed by atoms with Crippen molar-refractivity contribution in [3.8, 4) is 0 Å². The van der Waals surface area contributed by atoms with Gasteiger partial charge >= 0.3 is 0 Å². The number of carbonyl (C=O) groups is 1. The lowest BCUT2D eigenvalue weighted by molar-refractivity contribution is -0.132. The van der Waals surface area contributed by atoms with Crippen molar-refractivity contribution in [1.29, 1.82) is 0 Å². The van der Waals surface area contributed by atoms with Crippen molar-refractivity contribution in [3.05, 3.63) is 12.7 Å². The van der Waals surface area contributed by atoms with E-state index in [0.29, 0.717) is 19.5 Å². The van der Waals surface area contributed by atoms with Crippen LogP contribution in [-0.4, -0.2) is 50.4 Å². The summed E-state index contributed by atoms with van der Waals surface area (Å²) < 4.78 is 1.49. The maximum Gasteiger partial charge on any atom is 0.244 e. The summed E-state index contributed by atoms with van der Waals surface area (Å²) in [5.74, 6) is -0.00329. The van der Waals surface area contributed by atoms with Crippen LogP contribution in [0.3, 0.4) is 0 Å². The van der Waals surface area contributed by atoms with Crippen molar-refractivity contribution in [3.63, 3.8) is 0 Å². The van der Waals surface area contributed by atoms with E-state index >= 15 is 0 Å². The summed E-state index contributed by atoms with van der Waals surface area (Å²) in [6.45, 7) is 3.46. The fraction of sp³-hybridized carbons (Fsp3) is 0.667. The van der Waals surface area contributed by atoms with Crippen LogP contribution in [-0.2, 0) is 11.3 Å². The summed E-state index contributed by atoms with van der Waals surface area (Å²) >= 11 is 0. The van der Waals surface area contributed by atoms with E-state index in [1.54, 1.807) is 4.90 Å². The highest BCUT2D eigenvalue weighted by atomic mass is 16.3. The number of hydrogen-bond acceptors (Lipinski definition) is 4. The number of amides is 1. The van der Waals surface area contributed by atoms with Gasteiger partial charge in [0.25, 0.3) is 0 Å². The summed E-state index contributed by atoms with van der Waals surface area (Å²) in [4.78, 5) is 17.2. The summed E-state index contributed by atoms with van der Waals surface area (Å²) in [5, 5.41) is 12.5. The maximum absolute atomic E-state index is 11.7. The lowest BCUT2D eigenvalue weighted by atomic mass is 10.3. The van der Waals surface area contributed by atoms with Gasteiger partial charge in [0.15, 0.2) is 0 Å². The van der Waals surface area contributed by atoms with Gasteiger partial charge in [-0.1, -0.05) is 0 Å². The van der Waals surface area contributed by atoms with Crippen molar-refractivity contribution >= 4 is 5.91 Å². The van der Waals surface area contributed by atoms with Crippen molar-refractivity contribution in [1.82, 2.24) is 19.7 Å². The number of likely N-dealkylation sites (N-methyl/N-ethyl adjacent to an activating group) is 1. The second kappa shape index (κ2) is 6.13. The van der Waals surface area contributed by atoms with Gasteiger partial charge in [-0.3, -0.25) is 4.79 Å². The van der Waals surface area contributed by atoms with Crippen LogP contribution in [0.4, 0.5) is 0 Å². The Kier molecular flexibility index (Phi) is 4.76. The first-order valence-electron chi connectivity index (χ1n) is 4.99. The molecule has 0 saturated heterocycles. The maximum atomic E-state index is 11.7. The van der Waals surface area contributed by atoms with Crippen LogP contribution in [0.2, 0.25) is 0 Å². The Morgan fingerprint density at radius 1 is 1.60 bits per heavy atom. The number of aromatic nitrogens is 3. The Morgan fingerprint density at radius 2 is 2.40 bits per heavy atom. The molecular weight excluding hydrogens is 196 g/mol. The minimum Gasteiger partial charge on any atom is -0.396 e. The van der Waals surface area contributed by atoms with Gasteiger partial charge in [0.1, 0.15) is 19.2 Å². The third-order valence-corrected chi connectivity index (χ3v) is 2.08. The van der Waals surface area contributed by atoms with E-state index in [1.165, 1.54) is 17.3 Å². The summed E-state index contributed by atoms with van der Waals surface area (Å²) in [7, 11) is 0. The number of aliphatic hydroxyl groups is 1. The first kappa shape index (κ1) is 11.6. The molecule has 6 nitrogen and oxygen atoms in total. The van der Waals surface area contributed by atoms with Gasteiger partial charge < -0.3 is 10.0 Å². The molecule has 15 heavy (non-hydrogen) atoms. The normalized spacial score (nSPS) is 10.3. The topological polar surface area (TPSA) is 71.2 Å². The molecule has 0 fully saturated rings. The van der Waals surface area contributed by atoms with Gasteiger partial charge in [-0.05, 0) is 13.3 Å². The van der Waals surface area contributed by atoms with Crippen molar-refractivity contribution in [2.75, 3.05) is 19.7 Å². The molecule has 1 rings (SSSR count). The number of hydrogen-bond donors (Lipinski definition) is 1. The molecule has 0 radical (unpaired) electrons. The minimum absolute atomic E-state index is 0.00329. The number of nitrogens with zero attached hydrogens (tertiary/aromatic N) is 4. The first-order chi connectivity index (χ1) is 7.27. The molecule has 0 aliphatic carbocycles. The van der Waals surface area contributed by atoms with Crippen LogP contribution >= 0.6 is 0 Å². The second-order valence-corrected chi connectivity index (χ2v) is 3.14. The van der Waals surface area contributed by atoms with Crippen LogP contribution < -0.4 is 0 Å². The predicted octanol–water partition coefficient (Wildman–Crippen LogP) is -0.491. The average molecular weight is 212 g/mol. The molecule has 1 N–H and O–H groups in total. The standard InChI is InChI=1S/C9H16N4O2/c1-2-12(4-3-5-14)9(15)6-13-8-10-7-11-13/h7-8,14H,2-6H2,1H3. The van der Waals surface area contributed by atoms with Crippen molar-refractivity contribution in [2.45, 2.75) is 19.9 Å². The first-order valence-corrected chi connectivity index (χ1v) is 4.99. The third-order valence-electron chi connectivity index (χ3n) is 2.08. The lowest BCUT2D eigenvalue weighted by Crippen LogP contribution is -2.35. The molecule has 0 bridgehead atoms.